The van der Waals surface area contributed by atoms with Crippen LogP contribution >= 0.6 is 0 Å². The summed E-state index contributed by atoms with van der Waals surface area (Å²) in [5.41, 5.74) is -1.05. The minimum absolute atomic E-state index is 0.244. The van der Waals surface area contributed by atoms with Gasteiger partial charge in [-0.2, -0.15) is 8.78 Å². The molecule has 0 saturated heterocycles. The molecule has 0 aliphatic rings. The molecule has 5 aromatic carbocycles. The molecule has 1 nitrogen and oxygen atoms in total. The average molecular weight is 643 g/mol. The summed E-state index contributed by atoms with van der Waals surface area (Å²) in [6, 6.07) is 15.5. The van der Waals surface area contributed by atoms with Crippen molar-refractivity contribution in [3.8, 4) is 39.1 Å². The van der Waals surface area contributed by atoms with Crippen molar-refractivity contribution in [1.29, 1.82) is 0 Å². The Hall–Kier alpha value is -4.99. The number of rotatable bonds is 9. The molecule has 0 N–H and O–H groups in total. The SMILES string of the molecule is C/C=C/CCc1ccc(-c2ccc(-c3cc(F)c(C(F)(F)Oc4ccc(-c5cc(F)c(F)c(F)c5)c(F)c4)c(F)c3)c(F)c2)cc1. The Balaban J connectivity index is 1.37. The first-order valence-electron chi connectivity index (χ1n) is 13.9. The van der Waals surface area contributed by atoms with Crippen LogP contribution in [-0.2, 0) is 12.5 Å². The van der Waals surface area contributed by atoms with Gasteiger partial charge in [0.25, 0.3) is 0 Å². The fourth-order valence-electron chi connectivity index (χ4n) is 4.92. The molecule has 0 amide bonds. The van der Waals surface area contributed by atoms with Gasteiger partial charge in [0.1, 0.15) is 34.6 Å². The second kappa shape index (κ2) is 13.2. The summed E-state index contributed by atoms with van der Waals surface area (Å²) >= 11 is 0. The smallest absolute Gasteiger partial charge is 0.429 e. The summed E-state index contributed by atoms with van der Waals surface area (Å²) in [5, 5.41) is 0. The van der Waals surface area contributed by atoms with Crippen LogP contribution in [0.2, 0.25) is 0 Å². The van der Waals surface area contributed by atoms with Crippen molar-refractivity contribution in [3.63, 3.8) is 0 Å². The minimum Gasteiger partial charge on any atom is -0.429 e. The van der Waals surface area contributed by atoms with Crippen LogP contribution in [-0.4, -0.2) is 0 Å². The molecule has 0 saturated carbocycles. The van der Waals surface area contributed by atoms with Gasteiger partial charge in [0.2, 0.25) is 0 Å². The maximum Gasteiger partial charge on any atom is 0.432 e. The van der Waals surface area contributed by atoms with E-state index in [9.17, 15) is 35.1 Å². The van der Waals surface area contributed by atoms with E-state index in [2.05, 4.69) is 4.74 Å². The molecule has 0 fully saturated rings. The molecule has 236 valence electrons. The van der Waals surface area contributed by atoms with E-state index in [-0.39, 0.29) is 11.1 Å². The number of hydrogen-bond acceptors (Lipinski definition) is 1. The molecule has 0 aliphatic carbocycles. The first-order chi connectivity index (χ1) is 21.9. The molecule has 0 heterocycles. The third-order valence-electron chi connectivity index (χ3n) is 7.22. The molecule has 0 atom stereocenters. The molecule has 0 radical (unpaired) electrons. The van der Waals surface area contributed by atoms with E-state index in [4.69, 9.17) is 0 Å². The van der Waals surface area contributed by atoms with Gasteiger partial charge >= 0.3 is 6.11 Å². The zero-order valence-electron chi connectivity index (χ0n) is 24.0. The number of ether oxygens (including phenoxy) is 1. The van der Waals surface area contributed by atoms with Gasteiger partial charge in [0.15, 0.2) is 17.5 Å². The lowest BCUT2D eigenvalue weighted by atomic mass is 9.97. The third kappa shape index (κ3) is 6.80. The van der Waals surface area contributed by atoms with Gasteiger partial charge in [-0.1, -0.05) is 48.6 Å². The highest BCUT2D eigenvalue weighted by molar-refractivity contribution is 5.72. The molecule has 5 rings (SSSR count). The Kier molecular flexibility index (Phi) is 9.27. The monoisotopic (exact) mass is 642 g/mol. The molecule has 5 aromatic rings. The highest BCUT2D eigenvalue weighted by Gasteiger charge is 2.41. The van der Waals surface area contributed by atoms with Crippen LogP contribution in [0.15, 0.2) is 97.1 Å². The highest BCUT2D eigenvalue weighted by atomic mass is 19.3. The Morgan fingerprint density at radius 1 is 0.565 bits per heavy atom. The molecular weight excluding hydrogens is 619 g/mol. The van der Waals surface area contributed by atoms with Crippen LogP contribution in [0.3, 0.4) is 0 Å². The molecule has 46 heavy (non-hydrogen) atoms. The van der Waals surface area contributed by atoms with Crippen LogP contribution in [0.25, 0.3) is 33.4 Å². The predicted molar refractivity (Wildman–Crippen MR) is 157 cm³/mol. The van der Waals surface area contributed by atoms with Crippen molar-refractivity contribution in [2.24, 2.45) is 0 Å². The predicted octanol–water partition coefficient (Wildman–Crippen LogP) is 11.3. The van der Waals surface area contributed by atoms with E-state index >= 15 is 4.39 Å². The Bertz CT molecular complexity index is 1890. The van der Waals surface area contributed by atoms with Gasteiger partial charge in [-0.3, -0.25) is 0 Å². The Morgan fingerprint density at radius 2 is 1.07 bits per heavy atom. The van der Waals surface area contributed by atoms with Crippen LogP contribution in [0.4, 0.5) is 39.5 Å². The van der Waals surface area contributed by atoms with E-state index in [0.29, 0.717) is 41.5 Å². The van der Waals surface area contributed by atoms with Crippen LogP contribution in [0.5, 0.6) is 5.75 Å². The highest BCUT2D eigenvalue weighted by Crippen LogP contribution is 2.39. The lowest BCUT2D eigenvalue weighted by Gasteiger charge is -2.20. The maximum absolute atomic E-state index is 15.1. The first-order valence-corrected chi connectivity index (χ1v) is 13.9. The average Bonchev–Trinajstić information content (AvgIpc) is 2.99. The maximum atomic E-state index is 15.1. The summed E-state index contributed by atoms with van der Waals surface area (Å²) in [6.45, 7) is 1.93. The van der Waals surface area contributed by atoms with E-state index in [1.54, 1.807) is 0 Å². The molecule has 0 spiro atoms. The second-order valence-corrected chi connectivity index (χ2v) is 10.3. The first kappa shape index (κ1) is 32.4. The van der Waals surface area contributed by atoms with E-state index in [1.807, 2.05) is 43.3 Å². The number of hydrogen-bond donors (Lipinski definition) is 0. The van der Waals surface area contributed by atoms with Crippen molar-refractivity contribution >= 4 is 0 Å². The minimum atomic E-state index is -4.67. The lowest BCUT2D eigenvalue weighted by Crippen LogP contribution is -2.25. The molecule has 10 heteroatoms. The summed E-state index contributed by atoms with van der Waals surface area (Å²) in [6.07, 6.45) is 1.04. The largest absolute Gasteiger partial charge is 0.432 e. The normalized spacial score (nSPS) is 11.8. The van der Waals surface area contributed by atoms with E-state index < -0.39 is 69.3 Å². The summed E-state index contributed by atoms with van der Waals surface area (Å²) in [5.74, 6) is -11.5. The number of allylic oxidation sites excluding steroid dienone is 2. The summed E-state index contributed by atoms with van der Waals surface area (Å²) in [4.78, 5) is 0. The quantitative estimate of drug-likeness (QED) is 0.0883. The number of halogens is 9. The van der Waals surface area contributed by atoms with Gasteiger partial charge in [-0.25, -0.2) is 30.7 Å². The molecule has 0 aliphatic heterocycles. The standard InChI is InChI=1S/C36H23F9O/c1-2-3-4-5-20-6-8-21(9-7-20)22-10-12-26(28(37)14-22)23-15-30(39)34(31(40)16-23)36(44,45)46-25-11-13-27(29(38)19-25)24-17-32(41)35(43)33(42)18-24/h2-3,6-19H,4-5H2,1H3/b3-2+. The molecule has 0 unspecified atom stereocenters. The summed E-state index contributed by atoms with van der Waals surface area (Å²) < 4.78 is 135. The molecular formula is C36H23F9O. The van der Waals surface area contributed by atoms with Gasteiger partial charge in [0, 0.05) is 17.2 Å². The topological polar surface area (TPSA) is 9.23 Å². The molecule has 0 aromatic heterocycles. The number of alkyl halides is 2. The van der Waals surface area contributed by atoms with Crippen molar-refractivity contribution in [1.82, 2.24) is 0 Å². The number of aryl methyl sites for hydroxylation is 1. The van der Waals surface area contributed by atoms with E-state index in [1.165, 1.54) is 18.2 Å². The second-order valence-electron chi connectivity index (χ2n) is 10.3. The zero-order chi connectivity index (χ0) is 33.2. The fourth-order valence-corrected chi connectivity index (χ4v) is 4.92. The van der Waals surface area contributed by atoms with Crippen molar-refractivity contribution in [2.45, 2.75) is 25.9 Å². The van der Waals surface area contributed by atoms with Crippen molar-refractivity contribution in [2.75, 3.05) is 0 Å². The van der Waals surface area contributed by atoms with Crippen molar-refractivity contribution in [3.05, 3.63) is 149 Å². The molecule has 0 bridgehead atoms. The van der Waals surface area contributed by atoms with Gasteiger partial charge in [0.05, 0.1) is 0 Å². The van der Waals surface area contributed by atoms with Crippen LogP contribution in [0.1, 0.15) is 24.5 Å². The van der Waals surface area contributed by atoms with Crippen LogP contribution in [0, 0.1) is 40.7 Å². The van der Waals surface area contributed by atoms with Crippen LogP contribution < -0.4 is 4.74 Å². The van der Waals surface area contributed by atoms with Gasteiger partial charge in [-0.15, -0.1) is 0 Å². The third-order valence-corrected chi connectivity index (χ3v) is 7.22. The Labute approximate surface area is 258 Å². The lowest BCUT2D eigenvalue weighted by molar-refractivity contribution is -0.189. The number of benzene rings is 5. The zero-order valence-corrected chi connectivity index (χ0v) is 24.0. The summed E-state index contributed by atoms with van der Waals surface area (Å²) in [7, 11) is 0. The Morgan fingerprint density at radius 3 is 1.61 bits per heavy atom. The van der Waals surface area contributed by atoms with Crippen molar-refractivity contribution < 1.29 is 44.3 Å². The fraction of sp³-hybridized carbons (Fsp3) is 0.111. The van der Waals surface area contributed by atoms with Gasteiger partial charge < -0.3 is 4.74 Å². The van der Waals surface area contributed by atoms with Gasteiger partial charge in [-0.05, 0) is 90.0 Å². The van der Waals surface area contributed by atoms with E-state index in [0.717, 1.165) is 30.5 Å².